The lowest BCUT2D eigenvalue weighted by Crippen LogP contribution is -2.25. The van der Waals surface area contributed by atoms with Gasteiger partial charge in [-0.15, -0.1) is 0 Å². The third-order valence-electron chi connectivity index (χ3n) is 3.31. The number of rotatable bonds is 2. The van der Waals surface area contributed by atoms with Crippen molar-refractivity contribution < 1.29 is 9.13 Å². The van der Waals surface area contributed by atoms with Gasteiger partial charge in [0.1, 0.15) is 5.82 Å². The summed E-state index contributed by atoms with van der Waals surface area (Å²) < 4.78 is 18.7. The fourth-order valence-electron chi connectivity index (χ4n) is 2.53. The summed E-state index contributed by atoms with van der Waals surface area (Å²) in [5, 5.41) is 3.37. The molecule has 0 spiro atoms. The van der Waals surface area contributed by atoms with Crippen LogP contribution in [0.3, 0.4) is 0 Å². The fourth-order valence-corrected chi connectivity index (χ4v) is 2.53. The van der Waals surface area contributed by atoms with Gasteiger partial charge in [0.15, 0.2) is 0 Å². The third-order valence-corrected chi connectivity index (χ3v) is 3.31. The number of methoxy groups -OCH3 is 1. The molecule has 0 aromatic carbocycles. The lowest BCUT2D eigenvalue weighted by Gasteiger charge is -2.16. The van der Waals surface area contributed by atoms with Crippen molar-refractivity contribution in [2.24, 2.45) is 5.92 Å². The second kappa shape index (κ2) is 3.56. The number of pyridine rings is 1. The number of ether oxygens (including phenoxy) is 1. The molecular weight excluding hydrogens is 207 g/mol. The number of halogens is 1. The van der Waals surface area contributed by atoms with E-state index in [0.717, 1.165) is 18.5 Å². The SMILES string of the molecule is COc1cc(C2=CC3CNC2C3)c(F)cn1. The van der Waals surface area contributed by atoms with Gasteiger partial charge in [-0.1, -0.05) is 6.08 Å². The second-order valence-corrected chi connectivity index (χ2v) is 4.29. The molecule has 0 saturated carbocycles. The average Bonchev–Trinajstić information content (AvgIpc) is 2.91. The third kappa shape index (κ3) is 1.41. The van der Waals surface area contributed by atoms with Crippen LogP contribution in [0.15, 0.2) is 18.3 Å². The van der Waals surface area contributed by atoms with E-state index in [1.54, 1.807) is 6.07 Å². The predicted molar refractivity (Wildman–Crippen MR) is 58.6 cm³/mol. The molecule has 2 unspecified atom stereocenters. The predicted octanol–water partition coefficient (Wildman–Crippen LogP) is 1.60. The van der Waals surface area contributed by atoms with Gasteiger partial charge in [-0.25, -0.2) is 9.37 Å². The Bertz CT molecular complexity index is 458. The minimum absolute atomic E-state index is 0.276. The first-order valence-corrected chi connectivity index (χ1v) is 5.43. The summed E-state index contributed by atoms with van der Waals surface area (Å²) >= 11 is 0. The van der Waals surface area contributed by atoms with Gasteiger partial charge < -0.3 is 10.1 Å². The van der Waals surface area contributed by atoms with E-state index in [9.17, 15) is 4.39 Å². The van der Waals surface area contributed by atoms with Crippen LogP contribution in [0.4, 0.5) is 4.39 Å². The molecule has 1 saturated heterocycles. The van der Waals surface area contributed by atoms with Crippen molar-refractivity contribution >= 4 is 5.57 Å². The molecule has 84 valence electrons. The molecule has 3 nitrogen and oxygen atoms in total. The van der Waals surface area contributed by atoms with E-state index in [1.165, 1.54) is 13.3 Å². The first-order valence-electron chi connectivity index (χ1n) is 5.43. The molecule has 2 atom stereocenters. The smallest absolute Gasteiger partial charge is 0.213 e. The molecule has 0 radical (unpaired) electrons. The summed E-state index contributed by atoms with van der Waals surface area (Å²) in [5.74, 6) is 0.736. The number of hydrogen-bond donors (Lipinski definition) is 1. The van der Waals surface area contributed by atoms with Gasteiger partial charge in [0, 0.05) is 24.2 Å². The summed E-state index contributed by atoms with van der Waals surface area (Å²) in [7, 11) is 1.54. The molecule has 0 amide bonds. The van der Waals surface area contributed by atoms with E-state index in [-0.39, 0.29) is 5.82 Å². The molecule has 3 rings (SSSR count). The van der Waals surface area contributed by atoms with E-state index >= 15 is 0 Å². The second-order valence-electron chi connectivity index (χ2n) is 4.29. The summed E-state index contributed by atoms with van der Waals surface area (Å²) in [4.78, 5) is 3.85. The van der Waals surface area contributed by atoms with Crippen LogP contribution in [0.5, 0.6) is 5.88 Å². The minimum Gasteiger partial charge on any atom is -0.481 e. The molecule has 1 fully saturated rings. The van der Waals surface area contributed by atoms with Gasteiger partial charge in [0.05, 0.1) is 13.3 Å². The molecule has 1 aromatic heterocycles. The van der Waals surface area contributed by atoms with Gasteiger partial charge in [0.2, 0.25) is 5.88 Å². The van der Waals surface area contributed by atoms with Crippen molar-refractivity contribution in [2.45, 2.75) is 12.5 Å². The van der Waals surface area contributed by atoms with Crippen molar-refractivity contribution in [1.82, 2.24) is 10.3 Å². The highest BCUT2D eigenvalue weighted by Crippen LogP contribution is 2.37. The zero-order chi connectivity index (χ0) is 11.1. The largest absolute Gasteiger partial charge is 0.481 e. The molecule has 1 aliphatic heterocycles. The van der Waals surface area contributed by atoms with Crippen LogP contribution >= 0.6 is 0 Å². The Kier molecular flexibility index (Phi) is 2.17. The quantitative estimate of drug-likeness (QED) is 0.822. The standard InChI is InChI=1S/C12H13FN2O/c1-16-12-4-8(10(13)6-15-12)9-2-7-3-11(9)14-5-7/h2,4,6-7,11,14H,3,5H2,1H3. The first-order chi connectivity index (χ1) is 7.78. The van der Waals surface area contributed by atoms with Crippen molar-refractivity contribution in [3.8, 4) is 5.88 Å². The highest BCUT2D eigenvalue weighted by Gasteiger charge is 2.34. The molecule has 1 N–H and O–H groups in total. The first kappa shape index (κ1) is 9.78. The Balaban J connectivity index is 2.03. The minimum atomic E-state index is -0.276. The number of nitrogens with one attached hydrogen (secondary N) is 1. The van der Waals surface area contributed by atoms with E-state index < -0.39 is 0 Å². The molecular formula is C12H13FN2O. The van der Waals surface area contributed by atoms with Crippen LogP contribution in [0, 0.1) is 11.7 Å². The number of nitrogens with zero attached hydrogens (tertiary/aromatic N) is 1. The van der Waals surface area contributed by atoms with Gasteiger partial charge in [-0.3, -0.25) is 0 Å². The normalized spacial score (nSPS) is 27.0. The summed E-state index contributed by atoms with van der Waals surface area (Å²) in [6.45, 7) is 1.01. The van der Waals surface area contributed by atoms with Crippen LogP contribution in [0.1, 0.15) is 12.0 Å². The molecule has 2 heterocycles. The van der Waals surface area contributed by atoms with Gasteiger partial charge in [-0.2, -0.15) is 0 Å². The number of hydrogen-bond acceptors (Lipinski definition) is 3. The number of fused-ring (bicyclic) bond motifs is 2. The maximum atomic E-state index is 13.7. The lowest BCUT2D eigenvalue weighted by atomic mass is 10.0. The van der Waals surface area contributed by atoms with E-state index in [0.29, 0.717) is 23.4 Å². The fraction of sp³-hybridized carbons (Fsp3) is 0.417. The zero-order valence-corrected chi connectivity index (χ0v) is 9.03. The van der Waals surface area contributed by atoms with Crippen molar-refractivity contribution in [3.05, 3.63) is 29.7 Å². The van der Waals surface area contributed by atoms with Crippen molar-refractivity contribution in [1.29, 1.82) is 0 Å². The van der Waals surface area contributed by atoms with Crippen LogP contribution in [0.25, 0.3) is 5.57 Å². The van der Waals surface area contributed by atoms with Crippen molar-refractivity contribution in [3.63, 3.8) is 0 Å². The Morgan fingerprint density at radius 3 is 3.06 bits per heavy atom. The highest BCUT2D eigenvalue weighted by atomic mass is 19.1. The monoisotopic (exact) mass is 220 g/mol. The van der Waals surface area contributed by atoms with E-state index in [4.69, 9.17) is 4.74 Å². The molecule has 1 aliphatic carbocycles. The Morgan fingerprint density at radius 2 is 2.44 bits per heavy atom. The van der Waals surface area contributed by atoms with Crippen LogP contribution in [-0.2, 0) is 0 Å². The Hall–Kier alpha value is -1.42. The van der Waals surface area contributed by atoms with Gasteiger partial charge >= 0.3 is 0 Å². The maximum absolute atomic E-state index is 13.7. The van der Waals surface area contributed by atoms with Crippen LogP contribution in [0.2, 0.25) is 0 Å². The lowest BCUT2D eigenvalue weighted by molar-refractivity contribution is 0.395. The van der Waals surface area contributed by atoms with E-state index in [1.807, 2.05) is 0 Å². The Morgan fingerprint density at radius 1 is 1.56 bits per heavy atom. The maximum Gasteiger partial charge on any atom is 0.213 e. The molecule has 2 bridgehead atoms. The van der Waals surface area contributed by atoms with E-state index in [2.05, 4.69) is 16.4 Å². The summed E-state index contributed by atoms with van der Waals surface area (Å²) in [6, 6.07) is 1.97. The molecule has 2 aliphatic rings. The highest BCUT2D eigenvalue weighted by molar-refractivity contribution is 5.73. The average molecular weight is 220 g/mol. The zero-order valence-electron chi connectivity index (χ0n) is 9.03. The molecule has 1 aromatic rings. The van der Waals surface area contributed by atoms with Crippen molar-refractivity contribution in [2.75, 3.05) is 13.7 Å². The topological polar surface area (TPSA) is 34.1 Å². The number of aromatic nitrogens is 1. The van der Waals surface area contributed by atoms with Crippen LogP contribution in [-0.4, -0.2) is 24.7 Å². The summed E-state index contributed by atoms with van der Waals surface area (Å²) in [5.41, 5.74) is 1.67. The Labute approximate surface area is 93.3 Å². The van der Waals surface area contributed by atoms with Gasteiger partial charge in [-0.05, 0) is 17.9 Å². The molecule has 16 heavy (non-hydrogen) atoms. The van der Waals surface area contributed by atoms with Gasteiger partial charge in [0.25, 0.3) is 0 Å². The summed E-state index contributed by atoms with van der Waals surface area (Å²) in [6.07, 6.45) is 4.47. The van der Waals surface area contributed by atoms with Crippen LogP contribution < -0.4 is 10.1 Å². The molecule has 4 heteroatoms.